The number of rotatable bonds is 2. The van der Waals surface area contributed by atoms with Gasteiger partial charge in [-0.2, -0.15) is 5.10 Å². The largest absolute Gasteiger partial charge is 0.268 e. The molecule has 0 bridgehead atoms. The van der Waals surface area contributed by atoms with Gasteiger partial charge < -0.3 is 0 Å². The smallest absolute Gasteiger partial charge is 0.267 e. The molecule has 0 aliphatic carbocycles. The highest BCUT2D eigenvalue weighted by Crippen LogP contribution is 2.18. The number of fused-ring (bicyclic) bond motifs is 1. The van der Waals surface area contributed by atoms with E-state index in [1.807, 2.05) is 44.2 Å². The molecule has 0 amide bonds. The van der Waals surface area contributed by atoms with Gasteiger partial charge in [0.05, 0.1) is 17.8 Å². The topological polar surface area (TPSA) is 47.8 Å². The average Bonchev–Trinajstić information content (AvgIpc) is 2.43. The summed E-state index contributed by atoms with van der Waals surface area (Å²) in [6, 6.07) is 13.3. The van der Waals surface area contributed by atoms with Crippen LogP contribution < -0.4 is 5.56 Å². The molecule has 4 heteroatoms. The third-order valence-corrected chi connectivity index (χ3v) is 3.25. The maximum absolute atomic E-state index is 11.9. The Balaban J connectivity index is 2.15. The summed E-state index contributed by atoms with van der Waals surface area (Å²) in [5.74, 6) is 0. The number of hydrogen-bond donors (Lipinski definition) is 0. The van der Waals surface area contributed by atoms with Gasteiger partial charge in [0.2, 0.25) is 0 Å². The van der Waals surface area contributed by atoms with E-state index in [4.69, 9.17) is 0 Å². The van der Waals surface area contributed by atoms with Crippen LogP contribution in [-0.2, 0) is 6.54 Å². The first kappa shape index (κ1) is 12.5. The maximum atomic E-state index is 11.9. The summed E-state index contributed by atoms with van der Waals surface area (Å²) in [6.07, 6.45) is 0. The van der Waals surface area contributed by atoms with Crippen LogP contribution in [0.2, 0.25) is 0 Å². The van der Waals surface area contributed by atoms with Crippen molar-refractivity contribution in [2.24, 2.45) is 0 Å². The molecule has 0 saturated carbocycles. The molecular weight excluding hydrogens is 250 g/mol. The number of aryl methyl sites for hydroxylation is 2. The highest BCUT2D eigenvalue weighted by molar-refractivity contribution is 5.82. The molecule has 100 valence electrons. The van der Waals surface area contributed by atoms with E-state index < -0.39 is 0 Å². The van der Waals surface area contributed by atoms with Gasteiger partial charge in [-0.1, -0.05) is 18.2 Å². The van der Waals surface area contributed by atoms with Crippen LogP contribution in [0.25, 0.3) is 10.9 Å². The molecule has 0 spiro atoms. The molecule has 0 saturated heterocycles. The van der Waals surface area contributed by atoms with Crippen LogP contribution in [0.15, 0.2) is 47.3 Å². The Morgan fingerprint density at radius 2 is 1.85 bits per heavy atom. The van der Waals surface area contributed by atoms with Gasteiger partial charge in [-0.25, -0.2) is 4.68 Å². The molecule has 3 rings (SSSR count). The van der Waals surface area contributed by atoms with Crippen LogP contribution in [0.3, 0.4) is 0 Å². The van der Waals surface area contributed by atoms with Gasteiger partial charge in [-0.3, -0.25) is 9.78 Å². The van der Waals surface area contributed by atoms with Crippen molar-refractivity contribution in [3.05, 3.63) is 69.8 Å². The number of benzene rings is 1. The van der Waals surface area contributed by atoms with Crippen molar-refractivity contribution in [1.82, 2.24) is 14.8 Å². The zero-order chi connectivity index (χ0) is 14.1. The van der Waals surface area contributed by atoms with Crippen LogP contribution in [-0.4, -0.2) is 14.8 Å². The van der Waals surface area contributed by atoms with E-state index in [1.54, 1.807) is 12.1 Å². The molecule has 0 unspecified atom stereocenters. The Morgan fingerprint density at radius 3 is 2.70 bits per heavy atom. The van der Waals surface area contributed by atoms with Crippen LogP contribution in [0, 0.1) is 13.8 Å². The van der Waals surface area contributed by atoms with Crippen LogP contribution in [0.5, 0.6) is 0 Å². The van der Waals surface area contributed by atoms with Crippen molar-refractivity contribution in [3.63, 3.8) is 0 Å². The molecular formula is C16H15N3O. The van der Waals surface area contributed by atoms with Crippen molar-refractivity contribution in [2.75, 3.05) is 0 Å². The molecule has 0 N–H and O–H groups in total. The third kappa shape index (κ3) is 2.32. The highest BCUT2D eigenvalue weighted by atomic mass is 16.1. The Morgan fingerprint density at radius 1 is 1.05 bits per heavy atom. The number of nitrogens with zero attached hydrogens (tertiary/aromatic N) is 3. The van der Waals surface area contributed by atoms with Crippen molar-refractivity contribution >= 4 is 10.9 Å². The molecule has 0 radical (unpaired) electrons. The van der Waals surface area contributed by atoms with E-state index in [1.165, 1.54) is 4.68 Å². The fourth-order valence-electron chi connectivity index (χ4n) is 2.35. The minimum absolute atomic E-state index is 0.0888. The zero-order valence-corrected chi connectivity index (χ0v) is 11.5. The molecule has 0 aliphatic heterocycles. The average molecular weight is 265 g/mol. The van der Waals surface area contributed by atoms with E-state index in [2.05, 4.69) is 10.1 Å². The molecule has 4 nitrogen and oxygen atoms in total. The first-order chi connectivity index (χ1) is 9.63. The van der Waals surface area contributed by atoms with E-state index in [0.717, 1.165) is 27.9 Å². The molecule has 3 aromatic rings. The predicted octanol–water partition coefficient (Wildman–Crippen LogP) is 2.46. The summed E-state index contributed by atoms with van der Waals surface area (Å²) < 4.78 is 1.50. The monoisotopic (exact) mass is 265 g/mol. The lowest BCUT2D eigenvalue weighted by Crippen LogP contribution is -2.23. The van der Waals surface area contributed by atoms with Gasteiger partial charge >= 0.3 is 0 Å². The number of pyridine rings is 1. The summed E-state index contributed by atoms with van der Waals surface area (Å²) in [5.41, 5.74) is 3.70. The molecule has 0 fully saturated rings. The normalized spacial score (nSPS) is 10.9. The summed E-state index contributed by atoms with van der Waals surface area (Å²) in [5, 5.41) is 5.35. The Hall–Kier alpha value is -2.49. The van der Waals surface area contributed by atoms with Gasteiger partial charge in [-0.05, 0) is 37.6 Å². The molecule has 0 aliphatic rings. The van der Waals surface area contributed by atoms with E-state index in [9.17, 15) is 4.79 Å². The Labute approximate surface area is 116 Å². The van der Waals surface area contributed by atoms with Gasteiger partial charge in [0.15, 0.2) is 0 Å². The fraction of sp³-hybridized carbons (Fsp3) is 0.188. The molecule has 1 aromatic carbocycles. The van der Waals surface area contributed by atoms with Gasteiger partial charge in [0, 0.05) is 17.1 Å². The Bertz CT molecular complexity index is 836. The number of para-hydroxylation sites is 1. The van der Waals surface area contributed by atoms with E-state index in [0.29, 0.717) is 6.54 Å². The molecule has 20 heavy (non-hydrogen) atoms. The third-order valence-electron chi connectivity index (χ3n) is 3.25. The quantitative estimate of drug-likeness (QED) is 0.715. The van der Waals surface area contributed by atoms with Crippen molar-refractivity contribution in [3.8, 4) is 0 Å². The second kappa shape index (κ2) is 4.89. The summed E-state index contributed by atoms with van der Waals surface area (Å²) >= 11 is 0. The summed E-state index contributed by atoms with van der Waals surface area (Å²) in [6.45, 7) is 4.30. The molecule has 2 aromatic heterocycles. The second-order valence-electron chi connectivity index (χ2n) is 4.91. The predicted molar refractivity (Wildman–Crippen MR) is 78.8 cm³/mol. The van der Waals surface area contributed by atoms with Gasteiger partial charge in [0.1, 0.15) is 0 Å². The first-order valence-electron chi connectivity index (χ1n) is 6.53. The van der Waals surface area contributed by atoms with Crippen LogP contribution >= 0.6 is 0 Å². The standard InChI is InChI=1S/C16H15N3O/c1-11-7-8-16(20)19(18-11)10-13-9-12(2)17-15-6-4-3-5-14(13)15/h3-9H,10H2,1-2H3. The minimum atomic E-state index is -0.0888. The summed E-state index contributed by atoms with van der Waals surface area (Å²) in [7, 11) is 0. The van der Waals surface area contributed by atoms with Crippen molar-refractivity contribution in [2.45, 2.75) is 20.4 Å². The molecule has 0 atom stereocenters. The van der Waals surface area contributed by atoms with E-state index >= 15 is 0 Å². The lowest BCUT2D eigenvalue weighted by atomic mass is 10.1. The van der Waals surface area contributed by atoms with Gasteiger partial charge in [0.25, 0.3) is 5.56 Å². The lowest BCUT2D eigenvalue weighted by molar-refractivity contribution is 0.630. The van der Waals surface area contributed by atoms with Gasteiger partial charge in [-0.15, -0.1) is 0 Å². The number of hydrogen-bond acceptors (Lipinski definition) is 3. The van der Waals surface area contributed by atoms with E-state index in [-0.39, 0.29) is 5.56 Å². The summed E-state index contributed by atoms with van der Waals surface area (Å²) in [4.78, 5) is 16.4. The SMILES string of the molecule is Cc1cc(Cn2nc(C)ccc2=O)c2ccccc2n1. The van der Waals surface area contributed by atoms with Crippen molar-refractivity contribution in [1.29, 1.82) is 0 Å². The Kier molecular flexibility index (Phi) is 3.06. The number of aromatic nitrogens is 3. The minimum Gasteiger partial charge on any atom is -0.268 e. The zero-order valence-electron chi connectivity index (χ0n) is 11.5. The van der Waals surface area contributed by atoms with Crippen molar-refractivity contribution < 1.29 is 0 Å². The first-order valence-corrected chi connectivity index (χ1v) is 6.53. The maximum Gasteiger partial charge on any atom is 0.267 e. The van der Waals surface area contributed by atoms with Crippen LogP contribution in [0.4, 0.5) is 0 Å². The second-order valence-corrected chi connectivity index (χ2v) is 4.91. The highest BCUT2D eigenvalue weighted by Gasteiger charge is 2.06. The molecule has 2 heterocycles. The van der Waals surface area contributed by atoms with Crippen LogP contribution in [0.1, 0.15) is 17.0 Å². The lowest BCUT2D eigenvalue weighted by Gasteiger charge is -2.09. The fourth-order valence-corrected chi connectivity index (χ4v) is 2.35.